The number of methoxy groups -OCH3 is 1. The van der Waals surface area contributed by atoms with Crippen molar-refractivity contribution in [1.29, 1.82) is 0 Å². The van der Waals surface area contributed by atoms with Gasteiger partial charge < -0.3 is 19.1 Å². The Morgan fingerprint density at radius 1 is 1.17 bits per heavy atom. The molecule has 188 valence electrons. The fraction of sp³-hybridized carbons (Fsp3) is 0.320. The van der Waals surface area contributed by atoms with Crippen LogP contribution < -0.4 is 9.47 Å². The molecule has 36 heavy (non-hydrogen) atoms. The number of nitrogens with zero attached hydrogens (tertiary/aromatic N) is 4. The van der Waals surface area contributed by atoms with Crippen molar-refractivity contribution in [3.63, 3.8) is 0 Å². The molecule has 7 nitrogen and oxygen atoms in total. The van der Waals surface area contributed by atoms with Gasteiger partial charge in [0.15, 0.2) is 5.60 Å². The number of ether oxygens (including phenoxy) is 2. The van der Waals surface area contributed by atoms with Gasteiger partial charge >= 0.3 is 6.18 Å². The summed E-state index contributed by atoms with van der Waals surface area (Å²) in [5, 5.41) is 12.8. The van der Waals surface area contributed by atoms with Gasteiger partial charge in [-0.3, -0.25) is 4.98 Å². The predicted octanol–water partition coefficient (Wildman–Crippen LogP) is 5.12. The lowest BCUT2D eigenvalue weighted by atomic mass is 9.83. The number of pyridine rings is 2. The van der Waals surface area contributed by atoms with Crippen molar-refractivity contribution in [2.45, 2.75) is 24.6 Å². The van der Waals surface area contributed by atoms with Gasteiger partial charge in [-0.2, -0.15) is 13.2 Å². The number of alkyl halides is 3. The second-order valence-corrected chi connectivity index (χ2v) is 9.16. The van der Waals surface area contributed by atoms with Crippen molar-refractivity contribution in [3.8, 4) is 11.6 Å². The molecule has 1 saturated carbocycles. The number of rotatable bonds is 7. The summed E-state index contributed by atoms with van der Waals surface area (Å²) in [6.45, 7) is 0.471. The van der Waals surface area contributed by atoms with E-state index in [1.54, 1.807) is 25.2 Å². The molecule has 1 N–H and O–H groups in total. The summed E-state index contributed by atoms with van der Waals surface area (Å²) < 4.78 is 53.3. The Hall–Kier alpha value is -3.37. The summed E-state index contributed by atoms with van der Waals surface area (Å²) in [4.78, 5) is 12.0. The largest absolute Gasteiger partial charge is 0.486 e. The van der Waals surface area contributed by atoms with Gasteiger partial charge in [-0.15, -0.1) is 0 Å². The number of benzene rings is 1. The summed E-state index contributed by atoms with van der Waals surface area (Å²) in [7, 11) is 3.11. The van der Waals surface area contributed by atoms with E-state index in [0.717, 1.165) is 25.1 Å². The van der Waals surface area contributed by atoms with Crippen LogP contribution in [0.3, 0.4) is 0 Å². The zero-order chi connectivity index (χ0) is 25.7. The van der Waals surface area contributed by atoms with Crippen molar-refractivity contribution in [2.24, 2.45) is 13.0 Å². The Morgan fingerprint density at radius 3 is 2.56 bits per heavy atom. The summed E-state index contributed by atoms with van der Waals surface area (Å²) >= 11 is 6.74. The molecule has 3 aromatic heterocycles. The van der Waals surface area contributed by atoms with Crippen LogP contribution in [0.4, 0.5) is 13.2 Å². The van der Waals surface area contributed by atoms with Gasteiger partial charge in [0, 0.05) is 18.6 Å². The van der Waals surface area contributed by atoms with Gasteiger partial charge in [0.1, 0.15) is 5.69 Å². The zero-order valence-electron chi connectivity index (χ0n) is 19.4. The quantitative estimate of drug-likeness (QED) is 0.366. The van der Waals surface area contributed by atoms with E-state index in [1.165, 1.54) is 30.3 Å². The maximum absolute atomic E-state index is 13.5. The SMILES string of the molecule is COc1nc2ccc([C@](O)(c3ccnc(C(F)(F)F)c3)c3cncn3C)cc2c(Cl)c1OCC1CC1. The molecule has 11 heteroatoms. The summed E-state index contributed by atoms with van der Waals surface area (Å²) in [6.07, 6.45) is 1.34. The third kappa shape index (κ3) is 4.24. The fourth-order valence-electron chi connectivity index (χ4n) is 4.14. The summed E-state index contributed by atoms with van der Waals surface area (Å²) in [5.41, 5.74) is -2.18. The first-order valence-corrected chi connectivity index (χ1v) is 11.5. The van der Waals surface area contributed by atoms with Crippen molar-refractivity contribution in [1.82, 2.24) is 19.5 Å². The Kier molecular flexibility index (Phi) is 6.04. The third-order valence-corrected chi connectivity index (χ3v) is 6.65. The van der Waals surface area contributed by atoms with Crippen LogP contribution >= 0.6 is 11.6 Å². The number of aliphatic hydroxyl groups is 1. The molecule has 0 unspecified atom stereocenters. The average Bonchev–Trinajstić information content (AvgIpc) is 3.59. The molecule has 0 aliphatic heterocycles. The summed E-state index contributed by atoms with van der Waals surface area (Å²) in [6, 6.07) is 6.96. The molecule has 5 rings (SSSR count). The minimum atomic E-state index is -4.69. The molecular weight excluding hydrogens is 497 g/mol. The molecule has 0 bridgehead atoms. The maximum atomic E-state index is 13.5. The van der Waals surface area contributed by atoms with Gasteiger partial charge in [0.25, 0.3) is 5.88 Å². The first-order valence-electron chi connectivity index (χ1n) is 11.2. The second-order valence-electron chi connectivity index (χ2n) is 8.78. The van der Waals surface area contributed by atoms with Crippen LogP contribution in [0.25, 0.3) is 10.9 Å². The molecule has 1 aliphatic rings. The predicted molar refractivity (Wildman–Crippen MR) is 126 cm³/mol. The number of hydrogen-bond donors (Lipinski definition) is 1. The van der Waals surface area contributed by atoms with E-state index in [-0.39, 0.29) is 33.5 Å². The lowest BCUT2D eigenvalue weighted by Gasteiger charge is -2.30. The van der Waals surface area contributed by atoms with Crippen LogP contribution in [0.15, 0.2) is 49.1 Å². The molecule has 1 aromatic carbocycles. The average molecular weight is 519 g/mol. The molecule has 4 aromatic rings. The molecule has 0 amide bonds. The highest BCUT2D eigenvalue weighted by atomic mass is 35.5. The zero-order valence-corrected chi connectivity index (χ0v) is 20.1. The highest BCUT2D eigenvalue weighted by Crippen LogP contribution is 2.44. The van der Waals surface area contributed by atoms with Gasteiger partial charge in [-0.1, -0.05) is 17.7 Å². The first kappa shape index (κ1) is 24.3. The van der Waals surface area contributed by atoms with Gasteiger partial charge in [0.05, 0.1) is 42.5 Å². The smallest absolute Gasteiger partial charge is 0.433 e. The Morgan fingerprint density at radius 2 is 1.92 bits per heavy atom. The van der Waals surface area contributed by atoms with Crippen LogP contribution in [0, 0.1) is 5.92 Å². The summed E-state index contributed by atoms with van der Waals surface area (Å²) in [5.74, 6) is 0.965. The monoisotopic (exact) mass is 518 g/mol. The van der Waals surface area contributed by atoms with Crippen LogP contribution in [0.2, 0.25) is 5.02 Å². The molecule has 3 heterocycles. The van der Waals surface area contributed by atoms with Crippen LogP contribution in [0.1, 0.15) is 35.4 Å². The van der Waals surface area contributed by atoms with Crippen molar-refractivity contribution < 1.29 is 27.8 Å². The normalized spacial score (nSPS) is 15.6. The standard InChI is InChI=1S/C25H22ClF3N4O3/c1-33-13-30-11-20(33)24(34,16-7-8-31-19(10-16)25(27,28)29)15-5-6-18-17(9-15)21(26)22(23(32-18)35-2)36-12-14-3-4-14/h5-11,13-14,34H,3-4,12H2,1-2H3/t24-/m0/s1. The first-order chi connectivity index (χ1) is 17.1. The van der Waals surface area contributed by atoms with E-state index < -0.39 is 17.5 Å². The third-order valence-electron chi connectivity index (χ3n) is 6.28. The molecule has 1 atom stereocenters. The van der Waals surface area contributed by atoms with E-state index in [4.69, 9.17) is 21.1 Å². The van der Waals surface area contributed by atoms with E-state index in [0.29, 0.717) is 23.4 Å². The van der Waals surface area contributed by atoms with Gasteiger partial charge in [-0.25, -0.2) is 9.97 Å². The molecule has 1 fully saturated rings. The highest BCUT2D eigenvalue weighted by Gasteiger charge is 2.40. The van der Waals surface area contributed by atoms with E-state index in [9.17, 15) is 18.3 Å². The van der Waals surface area contributed by atoms with Gasteiger partial charge in [-0.05, 0) is 54.2 Å². The van der Waals surface area contributed by atoms with Gasteiger partial charge in [0.2, 0.25) is 5.75 Å². The number of hydrogen-bond acceptors (Lipinski definition) is 6. The molecule has 1 aliphatic carbocycles. The van der Waals surface area contributed by atoms with E-state index >= 15 is 0 Å². The van der Waals surface area contributed by atoms with Crippen molar-refractivity contribution >= 4 is 22.5 Å². The lowest BCUT2D eigenvalue weighted by molar-refractivity contribution is -0.141. The van der Waals surface area contributed by atoms with Crippen molar-refractivity contribution in [3.05, 3.63) is 76.6 Å². The topological polar surface area (TPSA) is 82.3 Å². The van der Waals surface area contributed by atoms with E-state index in [1.807, 2.05) is 0 Å². The maximum Gasteiger partial charge on any atom is 0.433 e. The number of imidazole rings is 1. The van der Waals surface area contributed by atoms with Crippen molar-refractivity contribution in [2.75, 3.05) is 13.7 Å². The molecule has 0 radical (unpaired) electrons. The Bertz CT molecular complexity index is 1440. The lowest BCUT2D eigenvalue weighted by Crippen LogP contribution is -2.31. The van der Waals surface area contributed by atoms with Crippen LogP contribution in [0.5, 0.6) is 11.6 Å². The minimum Gasteiger partial charge on any atom is -0.486 e. The molecule has 0 spiro atoms. The number of halogens is 4. The van der Waals surface area contributed by atoms with E-state index in [2.05, 4.69) is 15.0 Å². The number of aromatic nitrogens is 4. The molecule has 0 saturated heterocycles. The Balaban J connectivity index is 1.71. The number of fused-ring (bicyclic) bond motifs is 1. The second kappa shape index (κ2) is 8.94. The van der Waals surface area contributed by atoms with Crippen LogP contribution in [-0.2, 0) is 18.8 Å². The van der Waals surface area contributed by atoms with Crippen LogP contribution in [-0.4, -0.2) is 38.3 Å². The minimum absolute atomic E-state index is 0.0319. The fourth-order valence-corrected chi connectivity index (χ4v) is 4.43. The Labute approximate surface area is 209 Å². The molecular formula is C25H22ClF3N4O3. The number of aryl methyl sites for hydroxylation is 1. The highest BCUT2D eigenvalue weighted by molar-refractivity contribution is 6.37.